The van der Waals surface area contributed by atoms with E-state index in [1.54, 1.807) is 19.2 Å². The fourth-order valence-electron chi connectivity index (χ4n) is 3.54. The van der Waals surface area contributed by atoms with Crippen molar-refractivity contribution >= 4 is 34.1 Å². The lowest BCUT2D eigenvalue weighted by molar-refractivity contribution is -0.129. The van der Waals surface area contributed by atoms with Gasteiger partial charge < -0.3 is 19.6 Å². The molecule has 0 spiro atoms. The molecule has 4 heterocycles. The summed E-state index contributed by atoms with van der Waals surface area (Å²) in [5.41, 5.74) is 3.97. The first-order valence-electron chi connectivity index (χ1n) is 9.67. The highest BCUT2D eigenvalue weighted by atomic mass is 16.5. The first kappa shape index (κ1) is 18.1. The maximum atomic E-state index is 11.5. The summed E-state index contributed by atoms with van der Waals surface area (Å²) < 4.78 is 4.91. The van der Waals surface area contributed by atoms with E-state index in [0.29, 0.717) is 28.4 Å². The van der Waals surface area contributed by atoms with E-state index >= 15 is 0 Å². The molecule has 1 fully saturated rings. The van der Waals surface area contributed by atoms with Gasteiger partial charge in [0.1, 0.15) is 17.3 Å². The van der Waals surface area contributed by atoms with Crippen LogP contribution in [0.3, 0.4) is 0 Å². The summed E-state index contributed by atoms with van der Waals surface area (Å²) in [6.07, 6.45) is 3.13. The van der Waals surface area contributed by atoms with Crippen molar-refractivity contribution in [3.8, 4) is 11.5 Å². The molecule has 10 heteroatoms. The Morgan fingerprint density at radius 3 is 2.60 bits per heavy atom. The minimum absolute atomic E-state index is 0.133. The molecule has 152 valence electrons. The summed E-state index contributed by atoms with van der Waals surface area (Å²) in [6, 6.07) is 9.86. The highest BCUT2D eigenvalue weighted by molar-refractivity contribution is 5.88. The molecule has 0 aliphatic carbocycles. The first-order chi connectivity index (χ1) is 14.7. The SMILES string of the molecule is CC(=O)N1CCN(c2ccc(Nc3nc(-c4ccon4)nc4cn[nH]c34)cc2)CC1. The normalized spacial score (nSPS) is 14.3. The average Bonchev–Trinajstić information content (AvgIpc) is 3.46. The van der Waals surface area contributed by atoms with E-state index < -0.39 is 0 Å². The summed E-state index contributed by atoms with van der Waals surface area (Å²) in [6.45, 7) is 4.77. The molecule has 4 aromatic rings. The van der Waals surface area contributed by atoms with Gasteiger partial charge >= 0.3 is 0 Å². The minimum Gasteiger partial charge on any atom is -0.368 e. The largest absolute Gasteiger partial charge is 0.368 e. The molecule has 10 nitrogen and oxygen atoms in total. The smallest absolute Gasteiger partial charge is 0.219 e. The number of fused-ring (bicyclic) bond motifs is 1. The number of amides is 1. The lowest BCUT2D eigenvalue weighted by atomic mass is 10.2. The standard InChI is InChI=1S/C20H20N8O2/c1-13(29)27-7-9-28(10-8-27)15-4-2-14(3-5-15)22-20-18-17(12-21-25-18)23-19(24-20)16-6-11-30-26-16/h2-6,11-12H,7-10H2,1H3,(H,21,25)(H,22,23,24). The molecule has 0 bridgehead atoms. The molecule has 1 aromatic carbocycles. The van der Waals surface area contributed by atoms with Crippen molar-refractivity contribution in [3.05, 3.63) is 42.8 Å². The molecule has 3 aromatic heterocycles. The number of nitrogens with zero attached hydrogens (tertiary/aromatic N) is 6. The fraction of sp³-hybridized carbons (Fsp3) is 0.250. The van der Waals surface area contributed by atoms with Gasteiger partial charge in [0.05, 0.1) is 6.20 Å². The average molecular weight is 404 g/mol. The van der Waals surface area contributed by atoms with Gasteiger partial charge in [0, 0.05) is 50.5 Å². The number of H-pyrrole nitrogens is 1. The van der Waals surface area contributed by atoms with Crippen LogP contribution in [-0.4, -0.2) is 62.3 Å². The zero-order valence-corrected chi connectivity index (χ0v) is 16.4. The van der Waals surface area contributed by atoms with Crippen LogP contribution in [0.4, 0.5) is 17.2 Å². The summed E-state index contributed by atoms with van der Waals surface area (Å²) >= 11 is 0. The third-order valence-corrected chi connectivity index (χ3v) is 5.19. The van der Waals surface area contributed by atoms with E-state index in [4.69, 9.17) is 4.52 Å². The predicted molar refractivity (Wildman–Crippen MR) is 111 cm³/mol. The molecular formula is C20H20N8O2. The van der Waals surface area contributed by atoms with Gasteiger partial charge in [-0.25, -0.2) is 9.97 Å². The van der Waals surface area contributed by atoms with E-state index in [2.05, 4.69) is 47.7 Å². The Hall–Kier alpha value is -3.95. The van der Waals surface area contributed by atoms with Crippen molar-refractivity contribution in [1.82, 2.24) is 30.2 Å². The molecule has 0 atom stereocenters. The number of anilines is 3. The number of hydrogen-bond acceptors (Lipinski definition) is 8. The van der Waals surface area contributed by atoms with Crippen LogP contribution in [0.1, 0.15) is 6.92 Å². The van der Waals surface area contributed by atoms with E-state index in [9.17, 15) is 4.79 Å². The Bertz CT molecular complexity index is 1160. The number of aromatic nitrogens is 5. The molecule has 1 aliphatic heterocycles. The third-order valence-electron chi connectivity index (χ3n) is 5.19. The zero-order valence-electron chi connectivity index (χ0n) is 16.4. The number of piperazine rings is 1. The number of rotatable bonds is 4. The van der Waals surface area contributed by atoms with Gasteiger partial charge in [0.15, 0.2) is 17.3 Å². The van der Waals surface area contributed by atoms with Gasteiger partial charge in [-0.2, -0.15) is 5.10 Å². The van der Waals surface area contributed by atoms with Crippen molar-refractivity contribution in [3.63, 3.8) is 0 Å². The second-order valence-electron chi connectivity index (χ2n) is 7.08. The van der Waals surface area contributed by atoms with Crippen molar-refractivity contribution in [2.24, 2.45) is 0 Å². The van der Waals surface area contributed by atoms with Gasteiger partial charge in [-0.05, 0) is 24.3 Å². The summed E-state index contributed by atoms with van der Waals surface area (Å²) in [5, 5.41) is 14.3. The molecular weight excluding hydrogens is 384 g/mol. The van der Waals surface area contributed by atoms with Gasteiger partial charge in [-0.3, -0.25) is 9.89 Å². The number of benzene rings is 1. The van der Waals surface area contributed by atoms with Crippen LogP contribution >= 0.6 is 0 Å². The topological polar surface area (TPSA) is 116 Å². The van der Waals surface area contributed by atoms with Crippen LogP contribution < -0.4 is 10.2 Å². The second-order valence-corrected chi connectivity index (χ2v) is 7.08. The van der Waals surface area contributed by atoms with E-state index in [1.165, 1.54) is 6.26 Å². The Labute approximate surface area is 171 Å². The number of carbonyl (C=O) groups is 1. The van der Waals surface area contributed by atoms with Crippen LogP contribution in [0, 0.1) is 0 Å². The van der Waals surface area contributed by atoms with Crippen LogP contribution in [0.5, 0.6) is 0 Å². The number of carbonyl (C=O) groups excluding carboxylic acids is 1. The maximum Gasteiger partial charge on any atom is 0.219 e. The fourth-order valence-corrected chi connectivity index (χ4v) is 3.54. The third kappa shape index (κ3) is 3.43. The quantitative estimate of drug-likeness (QED) is 0.533. The van der Waals surface area contributed by atoms with Crippen molar-refractivity contribution < 1.29 is 9.32 Å². The predicted octanol–water partition coefficient (Wildman–Crippen LogP) is 2.42. The van der Waals surface area contributed by atoms with Crippen LogP contribution in [-0.2, 0) is 4.79 Å². The summed E-state index contributed by atoms with van der Waals surface area (Å²) in [4.78, 5) is 24.7. The second kappa shape index (κ2) is 7.47. The van der Waals surface area contributed by atoms with Gasteiger partial charge in [-0.15, -0.1) is 0 Å². The van der Waals surface area contributed by atoms with E-state index in [0.717, 1.165) is 37.6 Å². The Balaban J connectivity index is 1.36. The monoisotopic (exact) mass is 404 g/mol. The molecule has 0 saturated carbocycles. The molecule has 30 heavy (non-hydrogen) atoms. The van der Waals surface area contributed by atoms with Gasteiger partial charge in [-0.1, -0.05) is 5.16 Å². The van der Waals surface area contributed by atoms with Crippen LogP contribution in [0.2, 0.25) is 0 Å². The summed E-state index contributed by atoms with van der Waals surface area (Å²) in [7, 11) is 0. The van der Waals surface area contributed by atoms with Gasteiger partial charge in [0.2, 0.25) is 5.91 Å². The van der Waals surface area contributed by atoms with Crippen molar-refractivity contribution in [2.75, 3.05) is 36.4 Å². The molecule has 0 radical (unpaired) electrons. The maximum absolute atomic E-state index is 11.5. The number of hydrogen-bond donors (Lipinski definition) is 2. The lowest BCUT2D eigenvalue weighted by Crippen LogP contribution is -2.48. The van der Waals surface area contributed by atoms with Crippen LogP contribution in [0.15, 0.2) is 47.3 Å². The Morgan fingerprint density at radius 2 is 1.90 bits per heavy atom. The van der Waals surface area contributed by atoms with Gasteiger partial charge in [0.25, 0.3) is 0 Å². The minimum atomic E-state index is 0.133. The highest BCUT2D eigenvalue weighted by Crippen LogP contribution is 2.26. The van der Waals surface area contributed by atoms with Crippen molar-refractivity contribution in [1.29, 1.82) is 0 Å². The molecule has 5 rings (SSSR count). The molecule has 0 unspecified atom stereocenters. The first-order valence-corrected chi connectivity index (χ1v) is 9.67. The van der Waals surface area contributed by atoms with Crippen LogP contribution in [0.25, 0.3) is 22.6 Å². The van der Waals surface area contributed by atoms with E-state index in [-0.39, 0.29) is 5.91 Å². The summed E-state index contributed by atoms with van der Waals surface area (Å²) in [5.74, 6) is 1.20. The van der Waals surface area contributed by atoms with Crippen molar-refractivity contribution in [2.45, 2.75) is 6.92 Å². The molecule has 1 amide bonds. The van der Waals surface area contributed by atoms with E-state index in [1.807, 2.05) is 17.0 Å². The molecule has 1 aliphatic rings. The molecule has 2 N–H and O–H groups in total. The lowest BCUT2D eigenvalue weighted by Gasteiger charge is -2.35. The number of nitrogens with one attached hydrogen (secondary N) is 2. The Kier molecular flexibility index (Phi) is 4.51. The Morgan fingerprint density at radius 1 is 1.10 bits per heavy atom. The number of aromatic amines is 1. The zero-order chi connectivity index (χ0) is 20.5. The molecule has 1 saturated heterocycles. The highest BCUT2D eigenvalue weighted by Gasteiger charge is 2.19.